The summed E-state index contributed by atoms with van der Waals surface area (Å²) in [6.07, 6.45) is 0. The third-order valence-corrected chi connectivity index (χ3v) is 4.68. The third kappa shape index (κ3) is 2.31. The number of ether oxygens (including phenoxy) is 2. The van der Waals surface area contributed by atoms with Gasteiger partial charge in [-0.05, 0) is 24.3 Å². The standard InChI is InChI=1S/C21H15N5O2/c1-27-12-7-8-13(18(9-12)28-2)19-14(10-22)20(24)26-17-6-4-3-5-16(17)25-21(26)15(19)11-23/h3-9H,24H2,1-2H3. The van der Waals surface area contributed by atoms with E-state index in [-0.39, 0.29) is 16.9 Å². The van der Waals surface area contributed by atoms with Crippen LogP contribution in [0.4, 0.5) is 5.82 Å². The van der Waals surface area contributed by atoms with Crippen LogP contribution in [0.3, 0.4) is 0 Å². The van der Waals surface area contributed by atoms with Gasteiger partial charge in [-0.3, -0.25) is 4.40 Å². The number of para-hydroxylation sites is 2. The van der Waals surface area contributed by atoms with Crippen LogP contribution in [0, 0.1) is 22.7 Å². The number of anilines is 1. The monoisotopic (exact) mass is 369 g/mol. The van der Waals surface area contributed by atoms with Crippen LogP contribution in [0.15, 0.2) is 42.5 Å². The molecule has 0 radical (unpaired) electrons. The van der Waals surface area contributed by atoms with Gasteiger partial charge in [-0.1, -0.05) is 12.1 Å². The van der Waals surface area contributed by atoms with Gasteiger partial charge in [-0.15, -0.1) is 0 Å². The average Bonchev–Trinajstić information content (AvgIpc) is 3.12. The highest BCUT2D eigenvalue weighted by molar-refractivity contribution is 5.94. The molecular formula is C21H15N5O2. The van der Waals surface area contributed by atoms with E-state index in [4.69, 9.17) is 15.2 Å². The number of nitrogen functional groups attached to an aromatic ring is 1. The van der Waals surface area contributed by atoms with Crippen LogP contribution in [-0.4, -0.2) is 23.6 Å². The zero-order valence-corrected chi connectivity index (χ0v) is 15.2. The molecule has 2 N–H and O–H groups in total. The van der Waals surface area contributed by atoms with Gasteiger partial charge in [0.1, 0.15) is 40.6 Å². The number of fused-ring (bicyclic) bond motifs is 3. The van der Waals surface area contributed by atoms with Crippen molar-refractivity contribution in [2.24, 2.45) is 0 Å². The van der Waals surface area contributed by atoms with Crippen LogP contribution in [0.1, 0.15) is 11.1 Å². The topological polar surface area (TPSA) is 109 Å². The van der Waals surface area contributed by atoms with Gasteiger partial charge in [0.05, 0.1) is 25.3 Å². The molecule has 2 aromatic carbocycles. The van der Waals surface area contributed by atoms with Gasteiger partial charge in [-0.2, -0.15) is 10.5 Å². The number of pyridine rings is 1. The molecule has 136 valence electrons. The first-order valence-electron chi connectivity index (χ1n) is 8.39. The number of hydrogen-bond acceptors (Lipinski definition) is 6. The van der Waals surface area contributed by atoms with Crippen LogP contribution in [-0.2, 0) is 0 Å². The van der Waals surface area contributed by atoms with Gasteiger partial charge < -0.3 is 15.2 Å². The molecule has 0 atom stereocenters. The molecule has 0 saturated heterocycles. The van der Waals surface area contributed by atoms with Gasteiger partial charge in [0.15, 0.2) is 5.65 Å². The van der Waals surface area contributed by atoms with Crippen LogP contribution < -0.4 is 15.2 Å². The molecule has 0 aliphatic heterocycles. The SMILES string of the molecule is COc1ccc(-c2c(C#N)c(N)n3c(nc4ccccc43)c2C#N)c(OC)c1. The van der Waals surface area contributed by atoms with E-state index in [0.717, 1.165) is 5.52 Å². The molecule has 0 unspecified atom stereocenters. The van der Waals surface area contributed by atoms with E-state index in [9.17, 15) is 10.5 Å². The van der Waals surface area contributed by atoms with Crippen molar-refractivity contribution < 1.29 is 9.47 Å². The smallest absolute Gasteiger partial charge is 0.158 e. The Labute approximate surface area is 160 Å². The molecule has 0 saturated carbocycles. The predicted molar refractivity (Wildman–Crippen MR) is 105 cm³/mol. The number of imidazole rings is 1. The Hall–Kier alpha value is -4.23. The first-order chi connectivity index (χ1) is 13.6. The van der Waals surface area contributed by atoms with Gasteiger partial charge in [0, 0.05) is 17.2 Å². The molecule has 4 aromatic rings. The normalized spacial score (nSPS) is 10.6. The number of nitriles is 2. The van der Waals surface area contributed by atoms with Crippen molar-refractivity contribution in [1.82, 2.24) is 9.38 Å². The van der Waals surface area contributed by atoms with E-state index in [2.05, 4.69) is 17.1 Å². The second-order valence-corrected chi connectivity index (χ2v) is 6.06. The highest BCUT2D eigenvalue weighted by Gasteiger charge is 2.24. The molecule has 7 nitrogen and oxygen atoms in total. The lowest BCUT2D eigenvalue weighted by Crippen LogP contribution is -2.06. The van der Waals surface area contributed by atoms with Crippen molar-refractivity contribution in [2.75, 3.05) is 20.0 Å². The van der Waals surface area contributed by atoms with Gasteiger partial charge >= 0.3 is 0 Å². The molecular weight excluding hydrogens is 354 g/mol. The summed E-state index contributed by atoms with van der Waals surface area (Å²) in [6.45, 7) is 0. The van der Waals surface area contributed by atoms with Crippen molar-refractivity contribution in [1.29, 1.82) is 10.5 Å². The quantitative estimate of drug-likeness (QED) is 0.592. The lowest BCUT2D eigenvalue weighted by molar-refractivity contribution is 0.395. The molecule has 2 heterocycles. The maximum absolute atomic E-state index is 9.96. The van der Waals surface area contributed by atoms with Crippen LogP contribution in [0.5, 0.6) is 11.5 Å². The number of hydrogen-bond donors (Lipinski definition) is 1. The summed E-state index contributed by atoms with van der Waals surface area (Å²) < 4.78 is 12.4. The average molecular weight is 369 g/mol. The first kappa shape index (κ1) is 17.2. The first-order valence-corrected chi connectivity index (χ1v) is 8.39. The summed E-state index contributed by atoms with van der Waals surface area (Å²) in [4.78, 5) is 4.58. The van der Waals surface area contributed by atoms with Crippen molar-refractivity contribution in [3.05, 3.63) is 53.6 Å². The highest BCUT2D eigenvalue weighted by atomic mass is 16.5. The minimum atomic E-state index is 0.190. The molecule has 4 rings (SSSR count). The number of nitrogens with two attached hydrogens (primary N) is 1. The van der Waals surface area contributed by atoms with Crippen LogP contribution in [0.25, 0.3) is 27.8 Å². The summed E-state index contributed by atoms with van der Waals surface area (Å²) in [5.74, 6) is 1.28. The number of nitrogens with zero attached hydrogens (tertiary/aromatic N) is 4. The van der Waals surface area contributed by atoms with E-state index < -0.39 is 0 Å². The van der Waals surface area contributed by atoms with Crippen molar-refractivity contribution in [2.45, 2.75) is 0 Å². The zero-order chi connectivity index (χ0) is 19.8. The fourth-order valence-corrected chi connectivity index (χ4v) is 3.41. The zero-order valence-electron chi connectivity index (χ0n) is 15.2. The van der Waals surface area contributed by atoms with Gasteiger partial charge in [0.2, 0.25) is 0 Å². The predicted octanol–water partition coefficient (Wildman–Crippen LogP) is 3.50. The molecule has 0 bridgehead atoms. The minimum absolute atomic E-state index is 0.190. The second-order valence-electron chi connectivity index (χ2n) is 6.06. The highest BCUT2D eigenvalue weighted by Crippen LogP contribution is 2.41. The minimum Gasteiger partial charge on any atom is -0.497 e. The lowest BCUT2D eigenvalue weighted by Gasteiger charge is -2.15. The molecule has 0 fully saturated rings. The maximum atomic E-state index is 9.96. The lowest BCUT2D eigenvalue weighted by atomic mass is 9.95. The summed E-state index contributed by atoms with van der Waals surface area (Å²) in [6, 6.07) is 16.9. The van der Waals surface area contributed by atoms with Gasteiger partial charge in [-0.25, -0.2) is 4.98 Å². The Morgan fingerprint density at radius 2 is 1.75 bits per heavy atom. The van der Waals surface area contributed by atoms with Gasteiger partial charge in [0.25, 0.3) is 0 Å². The van der Waals surface area contributed by atoms with E-state index in [1.165, 1.54) is 7.11 Å². The fraction of sp³-hybridized carbons (Fsp3) is 0.0952. The molecule has 0 spiro atoms. The van der Waals surface area contributed by atoms with E-state index in [1.54, 1.807) is 29.7 Å². The summed E-state index contributed by atoms with van der Waals surface area (Å²) in [5.41, 5.74) is 9.60. The molecule has 2 aromatic heterocycles. The number of methoxy groups -OCH3 is 2. The summed E-state index contributed by atoms with van der Waals surface area (Å²) >= 11 is 0. The fourth-order valence-electron chi connectivity index (χ4n) is 3.41. The third-order valence-electron chi connectivity index (χ3n) is 4.68. The molecule has 0 amide bonds. The van der Waals surface area contributed by atoms with Crippen molar-refractivity contribution >= 4 is 22.5 Å². The summed E-state index contributed by atoms with van der Waals surface area (Å²) in [5, 5.41) is 19.8. The summed E-state index contributed by atoms with van der Waals surface area (Å²) in [7, 11) is 3.07. The van der Waals surface area contributed by atoms with Crippen molar-refractivity contribution in [3.8, 4) is 34.8 Å². The second kappa shape index (κ2) is 6.49. The largest absolute Gasteiger partial charge is 0.497 e. The molecule has 7 heteroatoms. The molecule has 28 heavy (non-hydrogen) atoms. The van der Waals surface area contributed by atoms with E-state index in [0.29, 0.717) is 33.8 Å². The number of rotatable bonds is 3. The number of aromatic nitrogens is 2. The Kier molecular flexibility index (Phi) is 3.99. The Morgan fingerprint density at radius 1 is 1.00 bits per heavy atom. The van der Waals surface area contributed by atoms with Crippen LogP contribution >= 0.6 is 0 Å². The van der Waals surface area contributed by atoms with E-state index in [1.807, 2.05) is 24.3 Å². The molecule has 0 aliphatic rings. The van der Waals surface area contributed by atoms with E-state index >= 15 is 0 Å². The Morgan fingerprint density at radius 3 is 2.43 bits per heavy atom. The number of benzene rings is 2. The maximum Gasteiger partial charge on any atom is 0.158 e. The Bertz CT molecular complexity index is 1330. The van der Waals surface area contributed by atoms with Crippen molar-refractivity contribution in [3.63, 3.8) is 0 Å². The molecule has 0 aliphatic carbocycles. The Balaban J connectivity index is 2.20. The van der Waals surface area contributed by atoms with Crippen LogP contribution in [0.2, 0.25) is 0 Å².